The van der Waals surface area contributed by atoms with Crippen LogP contribution in [0.2, 0.25) is 0 Å². The van der Waals surface area contributed by atoms with E-state index in [1.165, 1.54) is 26.4 Å². The number of carboxylic acids is 1. The minimum atomic E-state index is -1.10. The fourth-order valence-corrected chi connectivity index (χ4v) is 2.32. The van der Waals surface area contributed by atoms with Gasteiger partial charge in [-0.05, 0) is 36.5 Å². The molecule has 8 heteroatoms. The van der Waals surface area contributed by atoms with Crippen molar-refractivity contribution in [2.24, 2.45) is 5.41 Å². The third-order valence-corrected chi connectivity index (χ3v) is 3.87. The van der Waals surface area contributed by atoms with Gasteiger partial charge >= 0.3 is 5.97 Å². The van der Waals surface area contributed by atoms with Gasteiger partial charge in [-0.2, -0.15) is 0 Å². The van der Waals surface area contributed by atoms with Gasteiger partial charge in [0.25, 0.3) is 5.91 Å². The first-order chi connectivity index (χ1) is 12.6. The molecule has 0 fully saturated rings. The van der Waals surface area contributed by atoms with E-state index in [1.54, 1.807) is 6.07 Å². The molecule has 0 aliphatic carbocycles. The summed E-state index contributed by atoms with van der Waals surface area (Å²) in [6.07, 6.45) is 0.955. The maximum Gasteiger partial charge on any atom is 0.326 e. The van der Waals surface area contributed by atoms with E-state index in [0.29, 0.717) is 29.9 Å². The smallest absolute Gasteiger partial charge is 0.326 e. The lowest BCUT2D eigenvalue weighted by atomic mass is 9.88. The van der Waals surface area contributed by atoms with E-state index in [4.69, 9.17) is 9.47 Å². The van der Waals surface area contributed by atoms with Crippen molar-refractivity contribution in [1.82, 2.24) is 10.6 Å². The highest BCUT2D eigenvalue weighted by Gasteiger charge is 2.23. The van der Waals surface area contributed by atoms with E-state index in [-0.39, 0.29) is 12.0 Å². The van der Waals surface area contributed by atoms with Crippen molar-refractivity contribution in [3.8, 4) is 11.5 Å². The van der Waals surface area contributed by atoms with Gasteiger partial charge in [-0.25, -0.2) is 4.79 Å². The molecule has 1 aromatic rings. The van der Waals surface area contributed by atoms with Gasteiger partial charge in [0.15, 0.2) is 11.5 Å². The Morgan fingerprint density at radius 3 is 2.26 bits per heavy atom. The van der Waals surface area contributed by atoms with Crippen molar-refractivity contribution < 1.29 is 29.0 Å². The van der Waals surface area contributed by atoms with Crippen molar-refractivity contribution in [2.75, 3.05) is 20.8 Å². The van der Waals surface area contributed by atoms with Crippen molar-refractivity contribution in [2.45, 2.75) is 39.7 Å². The van der Waals surface area contributed by atoms with E-state index < -0.39 is 23.8 Å². The molecular formula is C19H28N2O6. The largest absolute Gasteiger partial charge is 0.493 e. The summed E-state index contributed by atoms with van der Waals surface area (Å²) in [5, 5.41) is 14.2. The van der Waals surface area contributed by atoms with Crippen LogP contribution < -0.4 is 20.1 Å². The minimum absolute atomic E-state index is 0.0416. The summed E-state index contributed by atoms with van der Waals surface area (Å²) < 4.78 is 10.2. The molecule has 0 saturated carbocycles. The quantitative estimate of drug-likeness (QED) is 0.602. The topological polar surface area (TPSA) is 114 Å². The summed E-state index contributed by atoms with van der Waals surface area (Å²) in [5.74, 6) is -1.27. The summed E-state index contributed by atoms with van der Waals surface area (Å²) in [7, 11) is 2.94. The minimum Gasteiger partial charge on any atom is -0.493 e. The van der Waals surface area contributed by atoms with Gasteiger partial charge in [0, 0.05) is 5.56 Å². The number of carbonyl (C=O) groups is 3. The molecule has 8 nitrogen and oxygen atoms in total. The van der Waals surface area contributed by atoms with Gasteiger partial charge in [-0.3, -0.25) is 9.59 Å². The first-order valence-electron chi connectivity index (χ1n) is 8.60. The SMILES string of the molecule is COc1ccc(C(=O)NCC(=O)NC(CCC(C)(C)C)C(=O)O)cc1OC. The zero-order chi connectivity index (χ0) is 20.6. The van der Waals surface area contributed by atoms with Crippen LogP contribution in [0.5, 0.6) is 11.5 Å². The summed E-state index contributed by atoms with van der Waals surface area (Å²) in [4.78, 5) is 35.5. The Balaban J connectivity index is 2.62. The Hall–Kier alpha value is -2.77. The van der Waals surface area contributed by atoms with Gasteiger partial charge in [0.2, 0.25) is 5.91 Å². The number of rotatable bonds is 9. The number of aliphatic carboxylic acids is 1. The molecule has 0 heterocycles. The molecule has 1 rings (SSSR count). The number of carbonyl (C=O) groups excluding carboxylic acids is 2. The Labute approximate surface area is 159 Å². The summed E-state index contributed by atoms with van der Waals surface area (Å²) in [6, 6.07) is 3.63. The van der Waals surface area contributed by atoms with Crippen molar-refractivity contribution >= 4 is 17.8 Å². The molecule has 0 radical (unpaired) electrons. The van der Waals surface area contributed by atoms with Gasteiger partial charge in [0.1, 0.15) is 6.04 Å². The molecule has 0 aliphatic heterocycles. The van der Waals surface area contributed by atoms with Gasteiger partial charge in [-0.15, -0.1) is 0 Å². The maximum absolute atomic E-state index is 12.2. The molecule has 0 bridgehead atoms. The first kappa shape index (κ1) is 22.3. The van der Waals surface area contributed by atoms with Crippen LogP contribution in [-0.2, 0) is 9.59 Å². The number of nitrogens with one attached hydrogen (secondary N) is 2. The number of ether oxygens (including phenoxy) is 2. The van der Waals surface area contributed by atoms with Crippen LogP contribution in [-0.4, -0.2) is 49.7 Å². The van der Waals surface area contributed by atoms with Crippen LogP contribution in [0.4, 0.5) is 0 Å². The van der Waals surface area contributed by atoms with Crippen LogP contribution >= 0.6 is 0 Å². The fraction of sp³-hybridized carbons (Fsp3) is 0.526. The monoisotopic (exact) mass is 380 g/mol. The number of benzene rings is 1. The molecule has 3 N–H and O–H groups in total. The number of amides is 2. The summed E-state index contributed by atoms with van der Waals surface area (Å²) in [6.45, 7) is 5.66. The molecule has 1 aromatic carbocycles. The third-order valence-electron chi connectivity index (χ3n) is 3.87. The first-order valence-corrected chi connectivity index (χ1v) is 8.60. The van der Waals surface area contributed by atoms with Crippen LogP contribution in [0.25, 0.3) is 0 Å². The summed E-state index contributed by atoms with van der Waals surface area (Å²) in [5.41, 5.74) is 0.253. The van der Waals surface area contributed by atoms with Crippen LogP contribution in [0.15, 0.2) is 18.2 Å². The zero-order valence-electron chi connectivity index (χ0n) is 16.4. The molecule has 0 aromatic heterocycles. The molecule has 1 unspecified atom stereocenters. The van der Waals surface area contributed by atoms with E-state index in [9.17, 15) is 19.5 Å². The van der Waals surface area contributed by atoms with E-state index >= 15 is 0 Å². The second-order valence-corrected chi connectivity index (χ2v) is 7.31. The van der Waals surface area contributed by atoms with E-state index in [1.807, 2.05) is 20.8 Å². The Morgan fingerprint density at radius 1 is 1.11 bits per heavy atom. The average molecular weight is 380 g/mol. The lowest BCUT2D eigenvalue weighted by Gasteiger charge is -2.21. The lowest BCUT2D eigenvalue weighted by molar-refractivity contribution is -0.142. The highest BCUT2D eigenvalue weighted by atomic mass is 16.5. The third kappa shape index (κ3) is 7.55. The number of methoxy groups -OCH3 is 2. The Bertz CT molecular complexity index is 681. The van der Waals surface area contributed by atoms with Crippen LogP contribution in [0.3, 0.4) is 0 Å². The van der Waals surface area contributed by atoms with Gasteiger partial charge < -0.3 is 25.2 Å². The molecule has 0 aliphatic rings. The van der Waals surface area contributed by atoms with Crippen molar-refractivity contribution in [3.05, 3.63) is 23.8 Å². The normalized spacial score (nSPS) is 12.0. The number of carboxylic acid groups (broad SMARTS) is 1. The van der Waals surface area contributed by atoms with E-state index in [2.05, 4.69) is 10.6 Å². The standard InChI is InChI=1S/C19H28N2O6/c1-19(2,3)9-8-13(18(24)25)21-16(22)11-20-17(23)12-6-7-14(26-4)15(10-12)27-5/h6-7,10,13H,8-9,11H2,1-5H3,(H,20,23)(H,21,22)(H,24,25). The average Bonchev–Trinajstić information content (AvgIpc) is 2.61. The molecule has 0 saturated heterocycles. The van der Waals surface area contributed by atoms with Crippen LogP contribution in [0, 0.1) is 5.41 Å². The van der Waals surface area contributed by atoms with Gasteiger partial charge in [0.05, 0.1) is 20.8 Å². The highest BCUT2D eigenvalue weighted by molar-refractivity contribution is 5.97. The predicted molar refractivity (Wildman–Crippen MR) is 100 cm³/mol. The second-order valence-electron chi connectivity index (χ2n) is 7.31. The lowest BCUT2D eigenvalue weighted by Crippen LogP contribution is -2.45. The Kier molecular flexibility index (Phi) is 8.08. The van der Waals surface area contributed by atoms with Crippen LogP contribution in [0.1, 0.15) is 44.0 Å². The molecular weight excluding hydrogens is 352 g/mol. The molecule has 1 atom stereocenters. The Morgan fingerprint density at radius 2 is 1.74 bits per heavy atom. The summed E-state index contributed by atoms with van der Waals surface area (Å²) >= 11 is 0. The molecule has 0 spiro atoms. The van der Waals surface area contributed by atoms with Crippen molar-refractivity contribution in [1.29, 1.82) is 0 Å². The fourth-order valence-electron chi connectivity index (χ4n) is 2.32. The molecule has 27 heavy (non-hydrogen) atoms. The second kappa shape index (κ2) is 9.80. The molecule has 2 amide bonds. The predicted octanol–water partition coefficient (Wildman–Crippen LogP) is 1.83. The zero-order valence-corrected chi connectivity index (χ0v) is 16.4. The van der Waals surface area contributed by atoms with Crippen molar-refractivity contribution in [3.63, 3.8) is 0 Å². The number of hydrogen-bond donors (Lipinski definition) is 3. The maximum atomic E-state index is 12.2. The molecule has 150 valence electrons. The van der Waals surface area contributed by atoms with Gasteiger partial charge in [-0.1, -0.05) is 20.8 Å². The highest BCUT2D eigenvalue weighted by Crippen LogP contribution is 2.27. The van der Waals surface area contributed by atoms with E-state index in [0.717, 1.165) is 0 Å². The number of hydrogen-bond acceptors (Lipinski definition) is 5.